The van der Waals surface area contributed by atoms with Gasteiger partial charge < -0.3 is 0 Å². The summed E-state index contributed by atoms with van der Waals surface area (Å²) >= 11 is 1.99. The molecule has 1 heterocycles. The second-order valence-corrected chi connectivity index (χ2v) is 4.48. The van der Waals surface area contributed by atoms with Gasteiger partial charge in [-0.05, 0) is 43.4 Å². The van der Waals surface area contributed by atoms with E-state index >= 15 is 0 Å². The van der Waals surface area contributed by atoms with Crippen LogP contribution in [0.4, 0.5) is 4.39 Å². The number of nitrogens with zero attached hydrogens (tertiary/aromatic N) is 2. The monoisotopic (exact) mass is 268 g/mol. The summed E-state index contributed by atoms with van der Waals surface area (Å²) in [6, 6.07) is 1.42. The van der Waals surface area contributed by atoms with Gasteiger partial charge in [-0.15, -0.1) is 0 Å². The van der Waals surface area contributed by atoms with Gasteiger partial charge in [-0.3, -0.25) is 0 Å². The maximum atomic E-state index is 13.0. The van der Waals surface area contributed by atoms with Crippen molar-refractivity contribution in [1.82, 2.24) is 9.78 Å². The van der Waals surface area contributed by atoms with Crippen LogP contribution >= 0.6 is 22.6 Å². The molecular formula is C7H10FIN2. The number of hydrogen-bond acceptors (Lipinski definition) is 1. The van der Waals surface area contributed by atoms with Gasteiger partial charge in [0, 0.05) is 6.07 Å². The maximum absolute atomic E-state index is 13.0. The third kappa shape index (κ3) is 1.91. The van der Waals surface area contributed by atoms with Gasteiger partial charge in [0.2, 0.25) is 5.95 Å². The van der Waals surface area contributed by atoms with E-state index in [2.05, 4.69) is 5.10 Å². The summed E-state index contributed by atoms with van der Waals surface area (Å²) in [5, 5.41) is 4.01. The molecule has 11 heavy (non-hydrogen) atoms. The molecule has 0 spiro atoms. The van der Waals surface area contributed by atoms with Crippen LogP contribution in [0.25, 0.3) is 0 Å². The summed E-state index contributed by atoms with van der Waals surface area (Å²) in [6.07, 6.45) is 0. The van der Waals surface area contributed by atoms with Crippen LogP contribution in [0.2, 0.25) is 0 Å². The van der Waals surface area contributed by atoms with Crippen molar-refractivity contribution in [2.75, 3.05) is 0 Å². The summed E-state index contributed by atoms with van der Waals surface area (Å²) < 4.78 is 15.1. The predicted molar refractivity (Wildman–Crippen MR) is 49.9 cm³/mol. The lowest BCUT2D eigenvalue weighted by molar-refractivity contribution is 0.299. The van der Waals surface area contributed by atoms with Gasteiger partial charge in [-0.1, -0.05) is 0 Å². The molecule has 0 N–H and O–H groups in total. The summed E-state index contributed by atoms with van der Waals surface area (Å²) in [7, 11) is 0. The molecule has 1 aromatic rings. The van der Waals surface area contributed by atoms with Crippen molar-refractivity contribution < 1.29 is 4.39 Å². The van der Waals surface area contributed by atoms with Gasteiger partial charge in [-0.2, -0.15) is 9.49 Å². The van der Waals surface area contributed by atoms with E-state index in [1.54, 1.807) is 0 Å². The van der Waals surface area contributed by atoms with Crippen molar-refractivity contribution in [2.24, 2.45) is 0 Å². The van der Waals surface area contributed by atoms with Gasteiger partial charge in [0.1, 0.15) is 3.70 Å². The standard InChI is InChI=1S/C7H10FIN2/c1-7(2,3)11-5(8)4-6(9)10-11/h4H,1-3H3. The van der Waals surface area contributed by atoms with Crippen LogP contribution in [0.1, 0.15) is 20.8 Å². The lowest BCUT2D eigenvalue weighted by Crippen LogP contribution is -2.24. The topological polar surface area (TPSA) is 17.8 Å². The Morgan fingerprint density at radius 1 is 1.55 bits per heavy atom. The van der Waals surface area contributed by atoms with E-state index in [-0.39, 0.29) is 11.5 Å². The highest BCUT2D eigenvalue weighted by molar-refractivity contribution is 14.1. The zero-order valence-corrected chi connectivity index (χ0v) is 8.89. The fraction of sp³-hybridized carbons (Fsp3) is 0.571. The van der Waals surface area contributed by atoms with E-state index in [9.17, 15) is 4.39 Å². The molecule has 0 amide bonds. The van der Waals surface area contributed by atoms with Crippen LogP contribution < -0.4 is 0 Å². The highest BCUT2D eigenvalue weighted by Gasteiger charge is 2.18. The SMILES string of the molecule is CC(C)(C)n1nc(I)cc1F. The molecular weight excluding hydrogens is 258 g/mol. The molecule has 0 saturated heterocycles. The lowest BCUT2D eigenvalue weighted by atomic mass is 10.1. The quantitative estimate of drug-likeness (QED) is 0.660. The molecule has 1 aromatic heterocycles. The van der Waals surface area contributed by atoms with E-state index in [0.29, 0.717) is 3.70 Å². The predicted octanol–water partition coefficient (Wildman–Crippen LogP) is 2.38. The molecule has 2 nitrogen and oxygen atoms in total. The molecule has 0 atom stereocenters. The molecule has 0 radical (unpaired) electrons. The summed E-state index contributed by atoms with van der Waals surface area (Å²) in [4.78, 5) is 0. The van der Waals surface area contributed by atoms with Crippen LogP contribution in [-0.2, 0) is 5.54 Å². The summed E-state index contributed by atoms with van der Waals surface area (Å²) in [5.41, 5.74) is -0.270. The van der Waals surface area contributed by atoms with E-state index in [1.165, 1.54) is 10.7 Å². The second kappa shape index (κ2) is 2.73. The Morgan fingerprint density at radius 3 is 2.27 bits per heavy atom. The van der Waals surface area contributed by atoms with E-state index < -0.39 is 0 Å². The summed E-state index contributed by atoms with van der Waals surface area (Å²) in [6.45, 7) is 5.75. The van der Waals surface area contributed by atoms with Crippen molar-refractivity contribution >= 4 is 22.6 Å². The van der Waals surface area contributed by atoms with Crippen LogP contribution in [0, 0.1) is 9.65 Å². The first-order chi connectivity index (χ1) is 4.91. The molecule has 0 saturated carbocycles. The lowest BCUT2D eigenvalue weighted by Gasteiger charge is -2.19. The van der Waals surface area contributed by atoms with E-state index in [4.69, 9.17) is 0 Å². The molecule has 0 fully saturated rings. The molecule has 0 bridgehead atoms. The Kier molecular flexibility index (Phi) is 2.22. The minimum absolute atomic E-state index is 0.270. The van der Waals surface area contributed by atoms with Crippen LogP contribution in [0.15, 0.2) is 6.07 Å². The minimum Gasteiger partial charge on any atom is -0.233 e. The van der Waals surface area contributed by atoms with Gasteiger partial charge in [0.05, 0.1) is 5.54 Å². The Hall–Kier alpha value is -0.130. The fourth-order valence-corrected chi connectivity index (χ4v) is 1.27. The third-order valence-electron chi connectivity index (χ3n) is 1.27. The van der Waals surface area contributed by atoms with Crippen molar-refractivity contribution in [1.29, 1.82) is 0 Å². The highest BCUT2D eigenvalue weighted by Crippen LogP contribution is 2.16. The van der Waals surface area contributed by atoms with Crippen molar-refractivity contribution in [3.05, 3.63) is 15.7 Å². The van der Waals surface area contributed by atoms with Crippen molar-refractivity contribution in [3.8, 4) is 0 Å². The van der Waals surface area contributed by atoms with Gasteiger partial charge in [0.15, 0.2) is 0 Å². The molecule has 1 rings (SSSR count). The van der Waals surface area contributed by atoms with E-state index in [0.717, 1.165) is 0 Å². The molecule has 0 aliphatic carbocycles. The Morgan fingerprint density at radius 2 is 2.09 bits per heavy atom. The van der Waals surface area contributed by atoms with Crippen LogP contribution in [0.5, 0.6) is 0 Å². The largest absolute Gasteiger partial charge is 0.233 e. The zero-order valence-electron chi connectivity index (χ0n) is 6.73. The number of hydrogen-bond donors (Lipinski definition) is 0. The average Bonchev–Trinajstić information content (AvgIpc) is 2.08. The zero-order chi connectivity index (χ0) is 8.65. The fourth-order valence-electron chi connectivity index (χ4n) is 0.802. The summed E-state index contributed by atoms with van der Waals surface area (Å²) in [5.74, 6) is -0.276. The Bertz CT molecular complexity index is 262. The van der Waals surface area contributed by atoms with Crippen molar-refractivity contribution in [2.45, 2.75) is 26.3 Å². The van der Waals surface area contributed by atoms with E-state index in [1.807, 2.05) is 43.4 Å². The van der Waals surface area contributed by atoms with Gasteiger partial charge in [0.25, 0.3) is 0 Å². The smallest absolute Gasteiger partial charge is 0.213 e. The first kappa shape index (κ1) is 8.96. The van der Waals surface area contributed by atoms with Crippen LogP contribution in [0.3, 0.4) is 0 Å². The average molecular weight is 268 g/mol. The first-order valence-electron chi connectivity index (χ1n) is 3.33. The molecule has 0 aromatic carbocycles. The van der Waals surface area contributed by atoms with Gasteiger partial charge >= 0.3 is 0 Å². The maximum Gasteiger partial charge on any atom is 0.213 e. The molecule has 62 valence electrons. The number of aromatic nitrogens is 2. The second-order valence-electron chi connectivity index (χ2n) is 3.37. The number of halogens is 2. The van der Waals surface area contributed by atoms with Crippen LogP contribution in [-0.4, -0.2) is 9.78 Å². The third-order valence-corrected chi connectivity index (χ3v) is 1.80. The minimum atomic E-state index is -0.276. The number of rotatable bonds is 0. The van der Waals surface area contributed by atoms with Gasteiger partial charge in [-0.25, -0.2) is 4.68 Å². The van der Waals surface area contributed by atoms with Crippen molar-refractivity contribution in [3.63, 3.8) is 0 Å². The Labute approximate surface area is 78.9 Å². The molecule has 0 aliphatic rings. The molecule has 4 heteroatoms. The first-order valence-corrected chi connectivity index (χ1v) is 4.40. The normalized spacial score (nSPS) is 12.1. The molecule has 0 unspecified atom stereocenters. The Balaban J connectivity index is 3.13. The highest BCUT2D eigenvalue weighted by atomic mass is 127. The molecule has 0 aliphatic heterocycles.